The van der Waals surface area contributed by atoms with Crippen molar-refractivity contribution in [3.8, 4) is 0 Å². The second-order valence-corrected chi connectivity index (χ2v) is 6.68. The van der Waals surface area contributed by atoms with E-state index in [2.05, 4.69) is 52.8 Å². The molecule has 2 nitrogen and oxygen atoms in total. The molecule has 0 spiro atoms. The number of aliphatic carboxylic acids is 1. The lowest BCUT2D eigenvalue weighted by atomic mass is 9.74. The van der Waals surface area contributed by atoms with Crippen molar-refractivity contribution < 1.29 is 9.90 Å². The molecule has 0 aliphatic heterocycles. The molecular weight excluding hydrogens is 236 g/mol. The molecule has 1 aliphatic carbocycles. The van der Waals surface area contributed by atoms with Crippen LogP contribution in [0.4, 0.5) is 0 Å². The minimum absolute atomic E-state index is 0.208. The third-order valence-corrected chi connectivity index (χ3v) is 5.27. The monoisotopic (exact) mass is 259 g/mol. The van der Waals surface area contributed by atoms with Crippen LogP contribution in [-0.4, -0.2) is 5.97 Å². The van der Waals surface area contributed by atoms with E-state index in [1.165, 1.54) is 16.7 Å². The molecule has 0 radical (unpaired) electrons. The fourth-order valence-corrected chi connectivity index (χ4v) is 3.64. The summed E-state index contributed by atoms with van der Waals surface area (Å²) in [6.07, 6.45) is 0.695. The van der Waals surface area contributed by atoms with Gasteiger partial charge in [-0.1, -0.05) is 44.5 Å². The van der Waals surface area contributed by atoms with Crippen LogP contribution in [0.2, 0.25) is 0 Å². The van der Waals surface area contributed by atoms with Gasteiger partial charge < -0.3 is 9.90 Å². The average molecular weight is 259 g/mol. The zero-order chi connectivity index (χ0) is 14.4. The molecule has 1 aromatic rings. The highest BCUT2D eigenvalue weighted by Gasteiger charge is 2.47. The lowest BCUT2D eigenvalue weighted by Crippen LogP contribution is -2.38. The quantitative estimate of drug-likeness (QED) is 0.819. The summed E-state index contributed by atoms with van der Waals surface area (Å²) in [6.45, 7) is 10.5. The van der Waals surface area contributed by atoms with Crippen molar-refractivity contribution >= 4 is 5.97 Å². The fourth-order valence-electron chi connectivity index (χ4n) is 3.64. The summed E-state index contributed by atoms with van der Waals surface area (Å²) in [7, 11) is 0. The molecule has 104 valence electrons. The molecule has 0 heterocycles. The molecule has 0 bridgehead atoms. The summed E-state index contributed by atoms with van der Waals surface area (Å²) >= 11 is 0. The molecule has 1 fully saturated rings. The van der Waals surface area contributed by atoms with Crippen LogP contribution in [0.1, 0.15) is 49.8 Å². The number of hydrogen-bond acceptors (Lipinski definition) is 2. The lowest BCUT2D eigenvalue weighted by Gasteiger charge is -2.32. The van der Waals surface area contributed by atoms with Gasteiger partial charge in [-0.05, 0) is 48.6 Å². The first-order valence-electron chi connectivity index (χ1n) is 7.03. The number of aryl methyl sites for hydroxylation is 2. The van der Waals surface area contributed by atoms with Gasteiger partial charge in [-0.15, -0.1) is 0 Å². The van der Waals surface area contributed by atoms with E-state index in [-0.39, 0.29) is 11.3 Å². The number of carboxylic acid groups (broad SMARTS) is 1. The van der Waals surface area contributed by atoms with Crippen molar-refractivity contribution in [1.29, 1.82) is 0 Å². The third kappa shape index (κ3) is 2.29. The van der Waals surface area contributed by atoms with Crippen LogP contribution in [0.5, 0.6) is 0 Å². The van der Waals surface area contributed by atoms with Crippen molar-refractivity contribution in [2.45, 2.75) is 47.0 Å². The first-order valence-corrected chi connectivity index (χ1v) is 7.03. The first kappa shape index (κ1) is 14.1. The van der Waals surface area contributed by atoms with Gasteiger partial charge in [0.05, 0.1) is 0 Å². The summed E-state index contributed by atoms with van der Waals surface area (Å²) in [6, 6.07) is 6.47. The minimum Gasteiger partial charge on any atom is -0.550 e. The predicted molar refractivity (Wildman–Crippen MR) is 74.7 cm³/mol. The smallest absolute Gasteiger partial charge is 0.0450 e. The SMILES string of the molecule is Cc1ccc([C@@H]2C[C@H](C(=O)[O-])C(C)(C)[C@@H]2C)c(C)c1. The van der Waals surface area contributed by atoms with Crippen LogP contribution in [-0.2, 0) is 4.79 Å². The van der Waals surface area contributed by atoms with Gasteiger partial charge in [0, 0.05) is 11.9 Å². The highest BCUT2D eigenvalue weighted by molar-refractivity contribution is 5.69. The van der Waals surface area contributed by atoms with Crippen LogP contribution in [0.3, 0.4) is 0 Å². The van der Waals surface area contributed by atoms with Crippen LogP contribution < -0.4 is 5.11 Å². The highest BCUT2D eigenvalue weighted by Crippen LogP contribution is 2.54. The standard InChI is InChI=1S/C17H24O2/c1-10-6-7-13(11(2)8-10)14-9-15(16(18)19)17(4,5)12(14)3/h6-8,12,14-15H,9H2,1-5H3,(H,18,19)/p-1/t12-,14-,15-/m1/s1. The van der Waals surface area contributed by atoms with Gasteiger partial charge >= 0.3 is 0 Å². The Morgan fingerprint density at radius 3 is 2.42 bits per heavy atom. The minimum atomic E-state index is -0.899. The Morgan fingerprint density at radius 2 is 1.95 bits per heavy atom. The van der Waals surface area contributed by atoms with Gasteiger partial charge in [-0.25, -0.2) is 0 Å². The van der Waals surface area contributed by atoms with Crippen molar-refractivity contribution in [3.05, 3.63) is 34.9 Å². The Bertz CT molecular complexity index is 502. The second-order valence-electron chi connectivity index (χ2n) is 6.68. The molecule has 2 heteroatoms. The van der Waals surface area contributed by atoms with E-state index in [4.69, 9.17) is 0 Å². The Kier molecular flexibility index (Phi) is 3.46. The van der Waals surface area contributed by atoms with Crippen molar-refractivity contribution in [1.82, 2.24) is 0 Å². The van der Waals surface area contributed by atoms with Crippen molar-refractivity contribution in [3.63, 3.8) is 0 Å². The summed E-state index contributed by atoms with van der Waals surface area (Å²) in [4.78, 5) is 11.4. The second kappa shape index (κ2) is 4.66. The topological polar surface area (TPSA) is 40.1 Å². The third-order valence-electron chi connectivity index (χ3n) is 5.27. The maximum atomic E-state index is 11.4. The van der Waals surface area contributed by atoms with E-state index in [1.54, 1.807) is 0 Å². The number of carboxylic acids is 1. The Morgan fingerprint density at radius 1 is 1.32 bits per heavy atom. The molecule has 1 aliphatic rings. The van der Waals surface area contributed by atoms with Gasteiger partial charge in [0.1, 0.15) is 0 Å². The molecule has 0 saturated heterocycles. The maximum absolute atomic E-state index is 11.4. The molecule has 0 N–H and O–H groups in total. The lowest BCUT2D eigenvalue weighted by molar-refractivity contribution is -0.314. The molecule has 0 aromatic heterocycles. The zero-order valence-corrected chi connectivity index (χ0v) is 12.5. The van der Waals surface area contributed by atoms with Gasteiger partial charge in [-0.2, -0.15) is 0 Å². The molecular formula is C17H23O2-. The van der Waals surface area contributed by atoms with E-state index in [1.807, 2.05) is 0 Å². The highest BCUT2D eigenvalue weighted by atomic mass is 16.4. The molecule has 3 atom stereocenters. The number of rotatable bonds is 2. The summed E-state index contributed by atoms with van der Waals surface area (Å²) in [5.41, 5.74) is 3.62. The summed E-state index contributed by atoms with van der Waals surface area (Å²) in [5.74, 6) is -0.590. The molecule has 0 unspecified atom stereocenters. The molecule has 0 amide bonds. The van der Waals surface area contributed by atoms with Gasteiger partial charge in [0.25, 0.3) is 0 Å². The summed E-state index contributed by atoms with van der Waals surface area (Å²) in [5, 5.41) is 11.4. The fraction of sp³-hybridized carbons (Fsp3) is 0.588. The van der Waals surface area contributed by atoms with Gasteiger partial charge in [-0.3, -0.25) is 0 Å². The van der Waals surface area contributed by atoms with Crippen LogP contribution in [0.15, 0.2) is 18.2 Å². The number of benzene rings is 1. The van der Waals surface area contributed by atoms with E-state index < -0.39 is 5.97 Å². The van der Waals surface area contributed by atoms with Crippen molar-refractivity contribution in [2.75, 3.05) is 0 Å². The molecule has 2 rings (SSSR count). The first-order chi connectivity index (χ1) is 8.75. The van der Waals surface area contributed by atoms with Gasteiger partial charge in [0.15, 0.2) is 0 Å². The Hall–Kier alpha value is -1.31. The van der Waals surface area contributed by atoms with E-state index >= 15 is 0 Å². The normalized spacial score (nSPS) is 29.4. The van der Waals surface area contributed by atoms with E-state index in [0.717, 1.165) is 0 Å². The molecule has 19 heavy (non-hydrogen) atoms. The van der Waals surface area contributed by atoms with Gasteiger partial charge in [0.2, 0.25) is 0 Å². The van der Waals surface area contributed by atoms with Crippen LogP contribution in [0, 0.1) is 31.1 Å². The Labute approximate surface area is 115 Å². The zero-order valence-electron chi connectivity index (χ0n) is 12.5. The predicted octanol–water partition coefficient (Wildman–Crippen LogP) is 2.82. The molecule has 1 aromatic carbocycles. The average Bonchev–Trinajstić information content (AvgIpc) is 2.52. The summed E-state index contributed by atoms with van der Waals surface area (Å²) < 4.78 is 0. The molecule has 1 saturated carbocycles. The number of carbonyl (C=O) groups excluding carboxylic acids is 1. The number of carbonyl (C=O) groups is 1. The van der Waals surface area contributed by atoms with E-state index in [9.17, 15) is 9.90 Å². The largest absolute Gasteiger partial charge is 0.550 e. The Balaban J connectivity index is 2.39. The van der Waals surface area contributed by atoms with Crippen molar-refractivity contribution in [2.24, 2.45) is 17.3 Å². The van der Waals surface area contributed by atoms with Crippen LogP contribution >= 0.6 is 0 Å². The van der Waals surface area contributed by atoms with E-state index in [0.29, 0.717) is 18.3 Å². The maximum Gasteiger partial charge on any atom is 0.0450 e. The number of hydrogen-bond donors (Lipinski definition) is 0. The van der Waals surface area contributed by atoms with Crippen LogP contribution in [0.25, 0.3) is 0 Å².